The van der Waals surface area contributed by atoms with E-state index in [2.05, 4.69) is 10.3 Å². The number of nitrogens with zero attached hydrogens (tertiary/aromatic N) is 1. The van der Waals surface area contributed by atoms with Crippen LogP contribution in [0.15, 0.2) is 72.9 Å². The highest BCUT2D eigenvalue weighted by Crippen LogP contribution is 2.30. The molecule has 148 valence electrons. The highest BCUT2D eigenvalue weighted by Gasteiger charge is 2.12. The van der Waals surface area contributed by atoms with E-state index in [-0.39, 0.29) is 11.7 Å². The van der Waals surface area contributed by atoms with Crippen molar-refractivity contribution in [1.29, 1.82) is 5.41 Å². The monoisotopic (exact) mass is 416 g/mol. The van der Waals surface area contributed by atoms with E-state index in [1.54, 1.807) is 42.5 Å². The Balaban J connectivity index is 1.64. The van der Waals surface area contributed by atoms with Crippen molar-refractivity contribution in [3.8, 4) is 11.5 Å². The number of nitrogen functional groups attached to an aromatic ring is 1. The van der Waals surface area contributed by atoms with Crippen molar-refractivity contribution in [2.45, 2.75) is 0 Å². The number of halogens is 1. The van der Waals surface area contributed by atoms with Crippen LogP contribution in [0.5, 0.6) is 11.5 Å². The molecule has 4 N–H and O–H groups in total. The lowest BCUT2D eigenvalue weighted by Gasteiger charge is -2.12. The summed E-state index contributed by atoms with van der Waals surface area (Å²) in [4.78, 5) is 16.8. The Morgan fingerprint density at radius 1 is 1.10 bits per heavy atom. The molecule has 4 aromatic rings. The van der Waals surface area contributed by atoms with Gasteiger partial charge in [0, 0.05) is 28.7 Å². The number of carbonyl (C=O) groups excluding carboxylic acids is 1. The maximum absolute atomic E-state index is 12.8. The minimum absolute atomic E-state index is 0.218. The number of aromatic nitrogens is 1. The summed E-state index contributed by atoms with van der Waals surface area (Å²) < 4.78 is 5.91. The summed E-state index contributed by atoms with van der Waals surface area (Å²) in [6, 6.07) is 19.5. The Kier molecular flexibility index (Phi) is 5.32. The molecule has 1 aromatic heterocycles. The Morgan fingerprint density at radius 2 is 1.90 bits per heavy atom. The van der Waals surface area contributed by atoms with E-state index in [1.807, 2.05) is 24.3 Å². The number of amides is 1. The van der Waals surface area contributed by atoms with Crippen molar-refractivity contribution in [3.63, 3.8) is 0 Å². The van der Waals surface area contributed by atoms with Crippen LogP contribution in [0.1, 0.15) is 15.9 Å². The lowest BCUT2D eigenvalue weighted by molar-refractivity contribution is 0.102. The fourth-order valence-corrected chi connectivity index (χ4v) is 3.21. The second kappa shape index (κ2) is 8.23. The summed E-state index contributed by atoms with van der Waals surface area (Å²) in [5.41, 5.74) is 7.42. The third-order valence-corrected chi connectivity index (χ3v) is 4.80. The number of carbonyl (C=O) groups is 1. The second-order valence-corrected chi connectivity index (χ2v) is 6.94. The quantitative estimate of drug-likeness (QED) is 0.373. The highest BCUT2D eigenvalue weighted by atomic mass is 35.5. The number of ether oxygens (including phenoxy) is 1. The molecule has 0 spiro atoms. The van der Waals surface area contributed by atoms with Crippen LogP contribution >= 0.6 is 11.6 Å². The third-order valence-electron chi connectivity index (χ3n) is 4.55. The van der Waals surface area contributed by atoms with Gasteiger partial charge in [-0.1, -0.05) is 23.7 Å². The molecule has 0 saturated carbocycles. The van der Waals surface area contributed by atoms with E-state index < -0.39 is 0 Å². The smallest absolute Gasteiger partial charge is 0.256 e. The van der Waals surface area contributed by atoms with Crippen LogP contribution in [0.25, 0.3) is 10.8 Å². The zero-order valence-electron chi connectivity index (χ0n) is 15.7. The molecule has 6 nitrogen and oxygen atoms in total. The molecule has 3 aromatic carbocycles. The maximum atomic E-state index is 12.8. The van der Waals surface area contributed by atoms with Gasteiger partial charge < -0.3 is 21.2 Å². The van der Waals surface area contributed by atoms with Crippen LogP contribution in [0.3, 0.4) is 0 Å². The number of hydrogen-bond donors (Lipinski definition) is 3. The van der Waals surface area contributed by atoms with Crippen molar-refractivity contribution in [2.75, 3.05) is 11.1 Å². The minimum atomic E-state index is -0.218. The van der Waals surface area contributed by atoms with Gasteiger partial charge in [0.1, 0.15) is 17.3 Å². The first-order valence-electron chi connectivity index (χ1n) is 9.07. The predicted octanol–water partition coefficient (Wildman–Crippen LogP) is 5.51. The molecule has 1 amide bonds. The minimum Gasteiger partial charge on any atom is -0.456 e. The average molecular weight is 417 g/mol. The van der Waals surface area contributed by atoms with E-state index in [0.29, 0.717) is 33.3 Å². The Hall–Kier alpha value is -3.90. The lowest BCUT2D eigenvalue weighted by Crippen LogP contribution is -2.12. The van der Waals surface area contributed by atoms with Crippen LogP contribution in [0.2, 0.25) is 5.02 Å². The molecular formula is C23H17ClN4O2. The molecule has 4 rings (SSSR count). The molecule has 0 atom stereocenters. The number of anilines is 2. The summed E-state index contributed by atoms with van der Waals surface area (Å²) in [7, 11) is 0. The van der Waals surface area contributed by atoms with Crippen LogP contribution in [-0.4, -0.2) is 17.1 Å². The first-order chi connectivity index (χ1) is 14.5. The summed E-state index contributed by atoms with van der Waals surface area (Å²) in [5.74, 6) is 1.01. The third kappa shape index (κ3) is 3.94. The van der Waals surface area contributed by atoms with Crippen molar-refractivity contribution in [1.82, 2.24) is 4.98 Å². The van der Waals surface area contributed by atoms with Gasteiger partial charge in [-0.05, 0) is 65.4 Å². The number of pyridine rings is 1. The van der Waals surface area contributed by atoms with Crippen LogP contribution in [0.4, 0.5) is 11.5 Å². The average Bonchev–Trinajstić information content (AvgIpc) is 2.75. The summed E-state index contributed by atoms with van der Waals surface area (Å²) in [5, 5.41) is 12.6. The Morgan fingerprint density at radius 3 is 2.67 bits per heavy atom. The molecule has 0 aliphatic heterocycles. The van der Waals surface area contributed by atoms with Crippen molar-refractivity contribution >= 4 is 46.0 Å². The first-order valence-corrected chi connectivity index (χ1v) is 9.45. The van der Waals surface area contributed by atoms with Gasteiger partial charge in [0.15, 0.2) is 0 Å². The van der Waals surface area contributed by atoms with Gasteiger partial charge >= 0.3 is 0 Å². The first kappa shape index (κ1) is 19.4. The van der Waals surface area contributed by atoms with Crippen LogP contribution in [-0.2, 0) is 0 Å². The van der Waals surface area contributed by atoms with E-state index in [1.165, 1.54) is 6.20 Å². The number of nitrogens with one attached hydrogen (secondary N) is 2. The highest BCUT2D eigenvalue weighted by molar-refractivity contribution is 6.30. The second-order valence-electron chi connectivity index (χ2n) is 6.50. The molecule has 1 heterocycles. The van der Waals surface area contributed by atoms with E-state index in [9.17, 15) is 4.79 Å². The van der Waals surface area contributed by atoms with Gasteiger partial charge in [-0.3, -0.25) is 4.79 Å². The molecule has 0 fully saturated rings. The molecule has 30 heavy (non-hydrogen) atoms. The molecule has 0 unspecified atom stereocenters. The summed E-state index contributed by atoms with van der Waals surface area (Å²) in [6.07, 6.45) is 2.63. The van der Waals surface area contributed by atoms with E-state index in [0.717, 1.165) is 17.0 Å². The van der Waals surface area contributed by atoms with Crippen LogP contribution in [0, 0.1) is 5.41 Å². The molecule has 0 radical (unpaired) electrons. The standard InChI is InChI=1S/C23H17ClN4O2/c24-15-4-6-16(7-5-15)28-23(29)19-3-1-2-14-12-17(8-9-18(14)19)30-21-10-11-27-22(26)20(21)13-25/h1-13,25H,(H2,26,27)(H,28,29). The SMILES string of the molecule is N=Cc1c(Oc2ccc3c(C(=O)Nc4ccc(Cl)cc4)cccc3c2)ccnc1N. The van der Waals surface area contributed by atoms with E-state index in [4.69, 9.17) is 27.5 Å². The van der Waals surface area contributed by atoms with Crippen LogP contribution < -0.4 is 15.8 Å². The van der Waals surface area contributed by atoms with Crippen molar-refractivity contribution in [2.24, 2.45) is 0 Å². The van der Waals surface area contributed by atoms with Crippen molar-refractivity contribution in [3.05, 3.63) is 89.1 Å². The summed E-state index contributed by atoms with van der Waals surface area (Å²) >= 11 is 5.90. The molecule has 0 saturated heterocycles. The largest absolute Gasteiger partial charge is 0.456 e. The van der Waals surface area contributed by atoms with Gasteiger partial charge in [-0.15, -0.1) is 0 Å². The normalized spacial score (nSPS) is 10.6. The molecule has 0 aliphatic carbocycles. The number of fused-ring (bicyclic) bond motifs is 1. The lowest BCUT2D eigenvalue weighted by atomic mass is 10.0. The number of nitrogens with two attached hydrogens (primary N) is 1. The molecular weight excluding hydrogens is 400 g/mol. The topological polar surface area (TPSA) is 101 Å². The van der Waals surface area contributed by atoms with Crippen molar-refractivity contribution < 1.29 is 9.53 Å². The molecule has 0 bridgehead atoms. The Bertz CT molecular complexity index is 1260. The van der Waals surface area contributed by atoms with Gasteiger partial charge in [0.2, 0.25) is 0 Å². The van der Waals surface area contributed by atoms with E-state index >= 15 is 0 Å². The maximum Gasteiger partial charge on any atom is 0.256 e. The van der Waals surface area contributed by atoms with Gasteiger partial charge in [-0.25, -0.2) is 4.98 Å². The summed E-state index contributed by atoms with van der Waals surface area (Å²) in [6.45, 7) is 0. The molecule has 7 heteroatoms. The fraction of sp³-hybridized carbons (Fsp3) is 0. The van der Waals surface area contributed by atoms with Gasteiger partial charge in [0.25, 0.3) is 5.91 Å². The van der Waals surface area contributed by atoms with Gasteiger partial charge in [0.05, 0.1) is 5.56 Å². The fourth-order valence-electron chi connectivity index (χ4n) is 3.09. The molecule has 0 aliphatic rings. The zero-order valence-corrected chi connectivity index (χ0v) is 16.5. The number of hydrogen-bond acceptors (Lipinski definition) is 5. The number of rotatable bonds is 5. The van der Waals surface area contributed by atoms with Gasteiger partial charge in [-0.2, -0.15) is 0 Å². The predicted molar refractivity (Wildman–Crippen MR) is 120 cm³/mol. The Labute approximate surface area is 177 Å². The number of benzene rings is 3. The zero-order chi connectivity index (χ0) is 21.1.